The molecule has 0 bridgehead atoms. The maximum atomic E-state index is 13.3. The number of carbonyl (C=O) groups is 2. The van der Waals surface area contributed by atoms with Crippen molar-refractivity contribution >= 4 is 11.8 Å². The van der Waals surface area contributed by atoms with Gasteiger partial charge in [0, 0.05) is 25.4 Å². The predicted molar refractivity (Wildman–Crippen MR) is 114 cm³/mol. The van der Waals surface area contributed by atoms with Crippen molar-refractivity contribution in [1.82, 2.24) is 10.2 Å². The lowest BCUT2D eigenvalue weighted by molar-refractivity contribution is -0.140. The normalized spacial score (nSPS) is 19.5. The van der Waals surface area contributed by atoms with Gasteiger partial charge in [-0.3, -0.25) is 9.59 Å². The van der Waals surface area contributed by atoms with E-state index in [4.69, 9.17) is 4.74 Å². The van der Waals surface area contributed by atoms with Crippen molar-refractivity contribution in [2.24, 2.45) is 11.8 Å². The predicted octanol–water partition coefficient (Wildman–Crippen LogP) is 3.59. The van der Waals surface area contributed by atoms with Crippen molar-refractivity contribution in [3.05, 3.63) is 35.9 Å². The molecule has 1 aromatic carbocycles. The maximum Gasteiger partial charge on any atom is 0.224 e. The molecule has 2 amide bonds. The highest BCUT2D eigenvalue weighted by Gasteiger charge is 2.30. The summed E-state index contributed by atoms with van der Waals surface area (Å²) >= 11 is 0. The van der Waals surface area contributed by atoms with Crippen molar-refractivity contribution in [2.45, 2.75) is 57.4 Å². The number of carbonyl (C=O) groups excluding carboxylic acids is 2. The van der Waals surface area contributed by atoms with E-state index >= 15 is 0 Å². The number of nitriles is 1. The van der Waals surface area contributed by atoms with Crippen LogP contribution < -0.4 is 5.32 Å². The summed E-state index contributed by atoms with van der Waals surface area (Å²) in [6, 6.07) is 11.4. The SMILES string of the molecule is N#CC[C@@H](NC(=O)[C@@H](CC(=O)N1CCOCC1)CC1CCCCC1)c1ccccc1. The standard InChI is InChI=1S/C24H33N3O3/c25-12-11-22(20-9-5-2-6-10-20)26-24(29)21(17-19-7-3-1-4-8-19)18-23(28)27-13-15-30-16-14-27/h2,5-6,9-10,19,21-22H,1,3-4,7-8,11,13-18H2,(H,26,29)/t21-,22-/m1/s1. The van der Waals surface area contributed by atoms with Crippen LogP contribution in [0.25, 0.3) is 0 Å². The van der Waals surface area contributed by atoms with E-state index in [0.29, 0.717) is 32.2 Å². The Morgan fingerprint density at radius 2 is 1.83 bits per heavy atom. The van der Waals surface area contributed by atoms with Gasteiger partial charge in [-0.05, 0) is 17.9 Å². The third-order valence-corrected chi connectivity index (χ3v) is 6.31. The van der Waals surface area contributed by atoms with Crippen LogP contribution in [0.5, 0.6) is 0 Å². The molecule has 0 aromatic heterocycles. The largest absolute Gasteiger partial charge is 0.378 e. The monoisotopic (exact) mass is 411 g/mol. The molecule has 2 aliphatic rings. The first-order chi connectivity index (χ1) is 14.7. The summed E-state index contributed by atoms with van der Waals surface area (Å²) < 4.78 is 5.35. The minimum absolute atomic E-state index is 0.0332. The van der Waals surface area contributed by atoms with Crippen LogP contribution in [0.2, 0.25) is 0 Å². The van der Waals surface area contributed by atoms with Gasteiger partial charge in [0.05, 0.1) is 31.7 Å². The molecule has 2 fully saturated rings. The summed E-state index contributed by atoms with van der Waals surface area (Å²) in [6.45, 7) is 2.31. The van der Waals surface area contributed by atoms with E-state index in [1.165, 1.54) is 19.3 Å². The molecule has 30 heavy (non-hydrogen) atoms. The second-order valence-electron chi connectivity index (χ2n) is 8.47. The fourth-order valence-electron chi connectivity index (χ4n) is 4.58. The molecule has 0 radical (unpaired) electrons. The lowest BCUT2D eigenvalue weighted by Gasteiger charge is -2.30. The Bertz CT molecular complexity index is 719. The number of rotatable bonds is 8. The molecule has 1 aliphatic heterocycles. The van der Waals surface area contributed by atoms with Crippen molar-refractivity contribution in [2.75, 3.05) is 26.3 Å². The number of ether oxygens (including phenoxy) is 1. The molecular formula is C24H33N3O3. The summed E-state index contributed by atoms with van der Waals surface area (Å²) in [5, 5.41) is 12.3. The van der Waals surface area contributed by atoms with Gasteiger partial charge < -0.3 is 15.0 Å². The molecule has 6 heteroatoms. The van der Waals surface area contributed by atoms with Gasteiger partial charge in [-0.1, -0.05) is 62.4 Å². The van der Waals surface area contributed by atoms with Gasteiger partial charge in [-0.15, -0.1) is 0 Å². The first kappa shape index (κ1) is 22.3. The molecule has 1 N–H and O–H groups in total. The van der Waals surface area contributed by atoms with Crippen molar-refractivity contribution < 1.29 is 14.3 Å². The van der Waals surface area contributed by atoms with Crippen LogP contribution >= 0.6 is 0 Å². The number of morpholine rings is 1. The van der Waals surface area contributed by atoms with Crippen molar-refractivity contribution in [1.29, 1.82) is 5.26 Å². The zero-order chi connectivity index (χ0) is 21.2. The van der Waals surface area contributed by atoms with E-state index in [1.54, 1.807) is 0 Å². The van der Waals surface area contributed by atoms with E-state index in [2.05, 4.69) is 11.4 Å². The quantitative estimate of drug-likeness (QED) is 0.709. The first-order valence-electron chi connectivity index (χ1n) is 11.2. The zero-order valence-electron chi connectivity index (χ0n) is 17.7. The average Bonchev–Trinajstić information content (AvgIpc) is 2.80. The number of hydrogen-bond donors (Lipinski definition) is 1. The molecule has 6 nitrogen and oxygen atoms in total. The third-order valence-electron chi connectivity index (χ3n) is 6.31. The molecule has 3 rings (SSSR count). The second kappa shape index (κ2) is 11.7. The Kier molecular flexibility index (Phi) is 8.70. The van der Waals surface area contributed by atoms with Gasteiger partial charge in [0.15, 0.2) is 0 Å². The lowest BCUT2D eigenvalue weighted by Crippen LogP contribution is -2.43. The van der Waals surface area contributed by atoms with Crippen LogP contribution in [-0.2, 0) is 14.3 Å². The first-order valence-corrected chi connectivity index (χ1v) is 11.2. The van der Waals surface area contributed by atoms with Gasteiger partial charge in [0.25, 0.3) is 0 Å². The maximum absolute atomic E-state index is 13.3. The second-order valence-corrected chi connectivity index (χ2v) is 8.47. The molecular weight excluding hydrogens is 378 g/mol. The Hall–Kier alpha value is -2.39. The fourth-order valence-corrected chi connectivity index (χ4v) is 4.58. The number of benzene rings is 1. The molecule has 1 aromatic rings. The topological polar surface area (TPSA) is 82.4 Å². The molecule has 1 aliphatic carbocycles. The number of amides is 2. The highest BCUT2D eigenvalue weighted by molar-refractivity contribution is 5.86. The van der Waals surface area contributed by atoms with Gasteiger partial charge in [-0.2, -0.15) is 5.26 Å². The average molecular weight is 412 g/mol. The Morgan fingerprint density at radius 3 is 2.50 bits per heavy atom. The molecule has 0 spiro atoms. The van der Waals surface area contributed by atoms with Crippen LogP contribution in [0, 0.1) is 23.2 Å². The van der Waals surface area contributed by atoms with Gasteiger partial charge >= 0.3 is 0 Å². The summed E-state index contributed by atoms with van der Waals surface area (Å²) in [7, 11) is 0. The zero-order valence-corrected chi connectivity index (χ0v) is 17.7. The molecule has 1 heterocycles. The molecule has 2 atom stereocenters. The minimum Gasteiger partial charge on any atom is -0.378 e. The van der Waals surface area contributed by atoms with Crippen LogP contribution in [0.1, 0.15) is 63.0 Å². The van der Waals surface area contributed by atoms with Crippen LogP contribution in [0.15, 0.2) is 30.3 Å². The fraction of sp³-hybridized carbons (Fsp3) is 0.625. The lowest BCUT2D eigenvalue weighted by atomic mass is 9.81. The van der Waals surface area contributed by atoms with E-state index in [1.807, 2.05) is 35.2 Å². The number of nitrogens with zero attached hydrogens (tertiary/aromatic N) is 2. The van der Waals surface area contributed by atoms with Crippen LogP contribution in [0.4, 0.5) is 0 Å². The molecule has 1 saturated heterocycles. The van der Waals surface area contributed by atoms with E-state index in [-0.39, 0.29) is 36.6 Å². The Labute approximate surface area is 179 Å². The van der Waals surface area contributed by atoms with E-state index in [9.17, 15) is 14.9 Å². The van der Waals surface area contributed by atoms with E-state index < -0.39 is 0 Å². The van der Waals surface area contributed by atoms with E-state index in [0.717, 1.165) is 24.8 Å². The van der Waals surface area contributed by atoms with Crippen molar-refractivity contribution in [3.63, 3.8) is 0 Å². The van der Waals surface area contributed by atoms with Gasteiger partial charge in [0.1, 0.15) is 0 Å². The molecule has 0 unspecified atom stereocenters. The summed E-state index contributed by atoms with van der Waals surface area (Å²) in [6.07, 6.45) is 7.13. The summed E-state index contributed by atoms with van der Waals surface area (Å²) in [5.74, 6) is 0.0728. The number of hydrogen-bond acceptors (Lipinski definition) is 4. The van der Waals surface area contributed by atoms with Crippen molar-refractivity contribution in [3.8, 4) is 6.07 Å². The highest BCUT2D eigenvalue weighted by atomic mass is 16.5. The number of nitrogens with one attached hydrogen (secondary N) is 1. The summed E-state index contributed by atoms with van der Waals surface area (Å²) in [4.78, 5) is 28.0. The molecule has 162 valence electrons. The summed E-state index contributed by atoms with van der Waals surface area (Å²) in [5.41, 5.74) is 0.920. The van der Waals surface area contributed by atoms with Gasteiger partial charge in [-0.25, -0.2) is 0 Å². The van der Waals surface area contributed by atoms with Crippen LogP contribution in [-0.4, -0.2) is 43.0 Å². The van der Waals surface area contributed by atoms with Gasteiger partial charge in [0.2, 0.25) is 11.8 Å². The smallest absolute Gasteiger partial charge is 0.224 e. The Balaban J connectivity index is 1.69. The third kappa shape index (κ3) is 6.56. The Morgan fingerprint density at radius 1 is 1.13 bits per heavy atom. The van der Waals surface area contributed by atoms with Crippen LogP contribution in [0.3, 0.4) is 0 Å². The highest BCUT2D eigenvalue weighted by Crippen LogP contribution is 2.31. The molecule has 1 saturated carbocycles. The minimum atomic E-state index is -0.353.